The third-order valence-corrected chi connectivity index (χ3v) is 4.49. The molecule has 1 atom stereocenters. The molecule has 0 radical (unpaired) electrons. The number of ether oxygens (including phenoxy) is 1. The monoisotopic (exact) mass is 360 g/mol. The van der Waals surface area contributed by atoms with E-state index >= 15 is 0 Å². The maximum atomic E-state index is 12.2. The predicted octanol–water partition coefficient (Wildman–Crippen LogP) is 3.33. The van der Waals surface area contributed by atoms with Crippen molar-refractivity contribution in [2.45, 2.75) is 25.3 Å². The molecule has 1 aliphatic carbocycles. The van der Waals surface area contributed by atoms with Gasteiger partial charge in [0.05, 0.1) is 6.04 Å². The molecule has 2 aromatic rings. The van der Waals surface area contributed by atoms with Gasteiger partial charge < -0.3 is 10.1 Å². The van der Waals surface area contributed by atoms with E-state index < -0.39 is 12.6 Å². The van der Waals surface area contributed by atoms with Gasteiger partial charge in [-0.25, -0.2) is 4.79 Å². The molecule has 5 heteroatoms. The standard InChI is InChI=1S/C22H20N2O3/c23-14-18(13-16-7-2-1-3-8-16)22(26)27-15-21(25)24-20-12-6-10-17-9-4-5-11-19(17)20/h1-5,7-9,11,13,20H,6,10,12,15H2,(H,24,25)/b18-13-. The minimum absolute atomic E-state index is 0.0727. The Labute approximate surface area is 158 Å². The van der Waals surface area contributed by atoms with Gasteiger partial charge in [0.1, 0.15) is 11.6 Å². The van der Waals surface area contributed by atoms with Gasteiger partial charge in [-0.1, -0.05) is 54.6 Å². The normalized spacial score (nSPS) is 16.0. The van der Waals surface area contributed by atoms with E-state index in [1.54, 1.807) is 12.1 Å². The highest BCUT2D eigenvalue weighted by Gasteiger charge is 2.22. The topological polar surface area (TPSA) is 79.2 Å². The Balaban J connectivity index is 1.57. The SMILES string of the molecule is N#C/C(=C/c1ccccc1)C(=O)OCC(=O)NC1CCCc2ccccc21. The lowest BCUT2D eigenvalue weighted by Crippen LogP contribution is -2.34. The first-order valence-electron chi connectivity index (χ1n) is 8.88. The van der Waals surface area contributed by atoms with Crippen LogP contribution < -0.4 is 5.32 Å². The minimum atomic E-state index is -0.805. The summed E-state index contributed by atoms with van der Waals surface area (Å²) in [6, 6.07) is 18.8. The highest BCUT2D eigenvalue weighted by Crippen LogP contribution is 2.29. The van der Waals surface area contributed by atoms with Crippen LogP contribution in [0.3, 0.4) is 0 Å². The Morgan fingerprint density at radius 2 is 1.89 bits per heavy atom. The van der Waals surface area contributed by atoms with E-state index in [1.165, 1.54) is 11.6 Å². The molecule has 3 rings (SSSR count). The molecule has 1 amide bonds. The average molecular weight is 360 g/mol. The number of hydrogen-bond acceptors (Lipinski definition) is 4. The third-order valence-electron chi connectivity index (χ3n) is 4.49. The average Bonchev–Trinajstić information content (AvgIpc) is 2.71. The van der Waals surface area contributed by atoms with E-state index in [9.17, 15) is 14.9 Å². The van der Waals surface area contributed by atoms with Crippen molar-refractivity contribution in [2.75, 3.05) is 6.61 Å². The summed E-state index contributed by atoms with van der Waals surface area (Å²) < 4.78 is 5.02. The summed E-state index contributed by atoms with van der Waals surface area (Å²) in [5.41, 5.74) is 2.93. The van der Waals surface area contributed by atoms with Crippen LogP contribution in [0.2, 0.25) is 0 Å². The molecule has 1 unspecified atom stereocenters. The van der Waals surface area contributed by atoms with Gasteiger partial charge in [-0.3, -0.25) is 4.79 Å². The Bertz CT molecular complexity index is 897. The smallest absolute Gasteiger partial charge is 0.349 e. The van der Waals surface area contributed by atoms with Crippen LogP contribution in [0.15, 0.2) is 60.2 Å². The van der Waals surface area contributed by atoms with Crippen molar-refractivity contribution >= 4 is 18.0 Å². The van der Waals surface area contributed by atoms with E-state index in [0.717, 1.165) is 24.8 Å². The van der Waals surface area contributed by atoms with Crippen LogP contribution in [0.5, 0.6) is 0 Å². The highest BCUT2D eigenvalue weighted by atomic mass is 16.5. The van der Waals surface area contributed by atoms with E-state index in [1.807, 2.05) is 42.5 Å². The lowest BCUT2D eigenvalue weighted by molar-refractivity contribution is -0.144. The zero-order valence-electron chi connectivity index (χ0n) is 14.9. The van der Waals surface area contributed by atoms with Gasteiger partial charge in [0, 0.05) is 0 Å². The third kappa shape index (κ3) is 4.83. The van der Waals surface area contributed by atoms with Gasteiger partial charge in [0.15, 0.2) is 6.61 Å². The molecule has 5 nitrogen and oxygen atoms in total. The second kappa shape index (κ2) is 8.81. The number of carbonyl (C=O) groups is 2. The second-order valence-corrected chi connectivity index (χ2v) is 6.37. The fourth-order valence-corrected chi connectivity index (χ4v) is 3.20. The van der Waals surface area contributed by atoms with Crippen molar-refractivity contribution < 1.29 is 14.3 Å². The fraction of sp³-hybridized carbons (Fsp3) is 0.227. The zero-order valence-corrected chi connectivity index (χ0v) is 14.9. The molecule has 0 aromatic heterocycles. The maximum Gasteiger partial charge on any atom is 0.349 e. The number of carbonyl (C=O) groups excluding carboxylic acids is 2. The van der Waals surface area contributed by atoms with Gasteiger partial charge in [-0.2, -0.15) is 5.26 Å². The fourth-order valence-electron chi connectivity index (χ4n) is 3.20. The van der Waals surface area contributed by atoms with Crippen molar-refractivity contribution in [1.82, 2.24) is 5.32 Å². The summed E-state index contributed by atoms with van der Waals surface area (Å²) in [7, 11) is 0. The van der Waals surface area contributed by atoms with Crippen LogP contribution in [0.25, 0.3) is 6.08 Å². The number of hydrogen-bond donors (Lipinski definition) is 1. The molecule has 1 aliphatic rings. The Morgan fingerprint density at radius 3 is 2.67 bits per heavy atom. The number of benzene rings is 2. The summed E-state index contributed by atoms with van der Waals surface area (Å²) in [5.74, 6) is -1.18. The quantitative estimate of drug-likeness (QED) is 0.504. The molecule has 0 heterocycles. The molecule has 2 aromatic carbocycles. The zero-order chi connectivity index (χ0) is 19.1. The summed E-state index contributed by atoms with van der Waals surface area (Å²) in [6.07, 6.45) is 4.30. The first-order valence-corrected chi connectivity index (χ1v) is 8.88. The number of esters is 1. The van der Waals surface area contributed by atoms with E-state index in [2.05, 4.69) is 11.4 Å². The van der Waals surface area contributed by atoms with Gasteiger partial charge in [-0.15, -0.1) is 0 Å². The minimum Gasteiger partial charge on any atom is -0.451 e. The van der Waals surface area contributed by atoms with Crippen LogP contribution in [0.4, 0.5) is 0 Å². The van der Waals surface area contributed by atoms with Crippen molar-refractivity contribution in [3.63, 3.8) is 0 Å². The molecule has 27 heavy (non-hydrogen) atoms. The number of nitrogens with zero attached hydrogens (tertiary/aromatic N) is 1. The van der Waals surface area contributed by atoms with Gasteiger partial charge in [-0.05, 0) is 42.0 Å². The summed E-state index contributed by atoms with van der Waals surface area (Å²) >= 11 is 0. The molecule has 0 fully saturated rings. The number of aryl methyl sites for hydroxylation is 1. The van der Waals surface area contributed by atoms with E-state index in [0.29, 0.717) is 5.56 Å². The van der Waals surface area contributed by atoms with Gasteiger partial charge in [0.25, 0.3) is 5.91 Å². The molecule has 136 valence electrons. The van der Waals surface area contributed by atoms with Gasteiger partial charge in [0.2, 0.25) is 0 Å². The summed E-state index contributed by atoms with van der Waals surface area (Å²) in [4.78, 5) is 24.3. The predicted molar refractivity (Wildman–Crippen MR) is 101 cm³/mol. The molecule has 0 spiro atoms. The van der Waals surface area contributed by atoms with Crippen LogP contribution in [0.1, 0.15) is 35.6 Å². The first-order chi connectivity index (χ1) is 13.2. The van der Waals surface area contributed by atoms with Crippen LogP contribution >= 0.6 is 0 Å². The Kier molecular flexibility index (Phi) is 6.01. The number of amides is 1. The molecule has 0 saturated heterocycles. The molecular weight excluding hydrogens is 340 g/mol. The van der Waals surface area contributed by atoms with E-state index in [4.69, 9.17) is 4.74 Å². The lowest BCUT2D eigenvalue weighted by atomic mass is 9.88. The molecule has 1 N–H and O–H groups in total. The molecule has 0 aliphatic heterocycles. The van der Waals surface area contributed by atoms with Crippen LogP contribution in [0, 0.1) is 11.3 Å². The van der Waals surface area contributed by atoms with Crippen molar-refractivity contribution in [1.29, 1.82) is 5.26 Å². The number of rotatable bonds is 5. The highest BCUT2D eigenvalue weighted by molar-refractivity contribution is 5.98. The van der Waals surface area contributed by atoms with Crippen LogP contribution in [-0.4, -0.2) is 18.5 Å². The summed E-state index contributed by atoms with van der Waals surface area (Å²) in [6.45, 7) is -0.411. The number of fused-ring (bicyclic) bond motifs is 1. The Morgan fingerprint density at radius 1 is 1.15 bits per heavy atom. The number of nitrogens with one attached hydrogen (secondary N) is 1. The largest absolute Gasteiger partial charge is 0.451 e. The second-order valence-electron chi connectivity index (χ2n) is 6.37. The van der Waals surface area contributed by atoms with Crippen LogP contribution in [-0.2, 0) is 20.7 Å². The molecule has 0 bridgehead atoms. The Hall–Kier alpha value is -3.39. The first kappa shape index (κ1) is 18.4. The molecule has 0 saturated carbocycles. The lowest BCUT2D eigenvalue weighted by Gasteiger charge is -2.26. The molecular formula is C22H20N2O3. The van der Waals surface area contributed by atoms with Gasteiger partial charge >= 0.3 is 5.97 Å². The summed E-state index contributed by atoms with van der Waals surface area (Å²) in [5, 5.41) is 12.1. The number of nitriles is 1. The van der Waals surface area contributed by atoms with Crippen molar-refractivity contribution in [2.24, 2.45) is 0 Å². The van der Waals surface area contributed by atoms with Crippen molar-refractivity contribution in [3.8, 4) is 6.07 Å². The van der Waals surface area contributed by atoms with Crippen molar-refractivity contribution in [3.05, 3.63) is 76.9 Å². The van der Waals surface area contributed by atoms with E-state index in [-0.39, 0.29) is 17.5 Å². The maximum absolute atomic E-state index is 12.2.